The zero-order valence-electron chi connectivity index (χ0n) is 22.0. The molecule has 2 aromatic rings. The number of rotatable bonds is 4. The van der Waals surface area contributed by atoms with Gasteiger partial charge in [0.05, 0.1) is 11.0 Å². The van der Waals surface area contributed by atoms with Gasteiger partial charge in [-0.2, -0.15) is 13.2 Å². The maximum Gasteiger partial charge on any atom is 0.417 e. The van der Waals surface area contributed by atoms with Crippen molar-refractivity contribution in [3.63, 3.8) is 0 Å². The van der Waals surface area contributed by atoms with E-state index in [1.807, 2.05) is 0 Å². The Morgan fingerprint density at radius 1 is 1.11 bits per heavy atom. The Labute approximate surface area is 217 Å². The van der Waals surface area contributed by atoms with Crippen molar-refractivity contribution < 1.29 is 18.0 Å². The first kappa shape index (κ1) is 26.0. The number of piperazine rings is 1. The van der Waals surface area contributed by atoms with E-state index in [1.54, 1.807) is 4.90 Å². The quantitative estimate of drug-likeness (QED) is 0.555. The molecule has 200 valence electrons. The topological polar surface area (TPSA) is 39.7 Å². The molecule has 2 fully saturated rings. The van der Waals surface area contributed by atoms with Gasteiger partial charge in [0.1, 0.15) is 0 Å². The number of fused-ring (bicyclic) bond motifs is 1. The second kappa shape index (κ2) is 9.93. The Kier molecular flexibility index (Phi) is 6.98. The summed E-state index contributed by atoms with van der Waals surface area (Å²) in [6, 6.07) is 10.0. The minimum atomic E-state index is -4.44. The van der Waals surface area contributed by atoms with Gasteiger partial charge in [0.15, 0.2) is 0 Å². The smallest absolute Gasteiger partial charge is 0.369 e. The van der Waals surface area contributed by atoms with E-state index in [9.17, 15) is 18.0 Å². The van der Waals surface area contributed by atoms with Crippen molar-refractivity contribution in [2.24, 2.45) is 11.3 Å². The molecule has 0 bridgehead atoms. The highest BCUT2D eigenvalue weighted by Gasteiger charge is 2.51. The predicted molar refractivity (Wildman–Crippen MR) is 138 cm³/mol. The summed E-state index contributed by atoms with van der Waals surface area (Å²) in [6.07, 6.45) is -0.397. The summed E-state index contributed by atoms with van der Waals surface area (Å²) < 4.78 is 39.8. The highest BCUT2D eigenvalue weighted by Crippen LogP contribution is 2.48. The second-order valence-corrected chi connectivity index (χ2v) is 11.3. The van der Waals surface area contributed by atoms with Crippen LogP contribution in [0.3, 0.4) is 0 Å². The minimum absolute atomic E-state index is 0.103. The van der Waals surface area contributed by atoms with Gasteiger partial charge < -0.3 is 9.80 Å². The van der Waals surface area contributed by atoms with Gasteiger partial charge in [-0.3, -0.25) is 14.7 Å². The van der Waals surface area contributed by atoms with E-state index in [1.165, 1.54) is 17.3 Å². The number of hydrogen-bond acceptors (Lipinski definition) is 4. The SMILES string of the molecule is Cc1ccccc1N1CCN(C2CC[C@](C(=O)N3CCc4ncc(C(F)(F)F)cc4C3)(C(C)C)C2)CC1. The largest absolute Gasteiger partial charge is 0.417 e. The van der Waals surface area contributed by atoms with Crippen molar-refractivity contribution in [3.05, 3.63) is 58.9 Å². The molecule has 0 spiro atoms. The number of pyridine rings is 1. The standard InChI is InChI=1S/C29H37F3N4O/c1-20(2)28(27(37)36-11-9-25-22(19-36)16-23(18-33-25)29(30,31)32)10-8-24(17-28)34-12-14-35(15-13-34)26-7-5-4-6-21(26)3/h4-7,16,18,20,24H,8-15,17,19H2,1-3H3/t24?,28-/m1/s1. The Balaban J connectivity index is 1.27. The average Bonchev–Trinajstić information content (AvgIpc) is 3.34. The Morgan fingerprint density at radius 3 is 2.51 bits per heavy atom. The number of nitrogens with zero attached hydrogens (tertiary/aromatic N) is 4. The van der Waals surface area contributed by atoms with Gasteiger partial charge >= 0.3 is 6.18 Å². The lowest BCUT2D eigenvalue weighted by atomic mass is 9.73. The first-order chi connectivity index (χ1) is 17.6. The van der Waals surface area contributed by atoms with Crippen LogP contribution in [-0.2, 0) is 23.9 Å². The van der Waals surface area contributed by atoms with E-state index in [2.05, 4.69) is 59.8 Å². The monoisotopic (exact) mass is 514 g/mol. The molecule has 1 aromatic carbocycles. The van der Waals surface area contributed by atoms with Crippen molar-refractivity contribution >= 4 is 11.6 Å². The number of para-hydroxylation sites is 1. The van der Waals surface area contributed by atoms with Crippen molar-refractivity contribution in [1.82, 2.24) is 14.8 Å². The summed E-state index contributed by atoms with van der Waals surface area (Å²) in [5, 5.41) is 0. The Morgan fingerprint density at radius 2 is 1.84 bits per heavy atom. The van der Waals surface area contributed by atoms with Gasteiger partial charge in [-0.25, -0.2) is 0 Å². The maximum absolute atomic E-state index is 14.0. The summed E-state index contributed by atoms with van der Waals surface area (Å²) in [5.74, 6) is 0.269. The van der Waals surface area contributed by atoms with E-state index in [0.717, 1.165) is 51.6 Å². The molecule has 5 nitrogen and oxygen atoms in total. The lowest BCUT2D eigenvalue weighted by molar-refractivity contribution is -0.146. The summed E-state index contributed by atoms with van der Waals surface area (Å²) in [7, 11) is 0. The zero-order valence-corrected chi connectivity index (χ0v) is 22.0. The number of benzene rings is 1. The van der Waals surface area contributed by atoms with Crippen LogP contribution < -0.4 is 4.90 Å². The number of halogens is 3. The zero-order chi connectivity index (χ0) is 26.4. The van der Waals surface area contributed by atoms with Crippen LogP contribution in [0.1, 0.15) is 55.5 Å². The van der Waals surface area contributed by atoms with Crippen LogP contribution in [-0.4, -0.2) is 59.5 Å². The molecule has 1 aliphatic carbocycles. The molecule has 1 amide bonds. The summed E-state index contributed by atoms with van der Waals surface area (Å²) in [6.45, 7) is 11.0. The fourth-order valence-corrected chi connectivity index (χ4v) is 6.64. The van der Waals surface area contributed by atoms with Gasteiger partial charge in [0.25, 0.3) is 0 Å². The fraction of sp³-hybridized carbons (Fsp3) is 0.586. The van der Waals surface area contributed by atoms with E-state index in [0.29, 0.717) is 30.3 Å². The average molecular weight is 515 g/mol. The lowest BCUT2D eigenvalue weighted by Crippen LogP contribution is -2.51. The Bertz CT molecular complexity index is 1140. The summed E-state index contributed by atoms with van der Waals surface area (Å²) in [5.41, 5.74) is 2.58. The van der Waals surface area contributed by atoms with Gasteiger partial charge in [-0.05, 0) is 55.4 Å². The fourth-order valence-electron chi connectivity index (χ4n) is 6.64. The summed E-state index contributed by atoms with van der Waals surface area (Å²) >= 11 is 0. The molecule has 5 rings (SSSR count). The van der Waals surface area contributed by atoms with Crippen LogP contribution in [0.25, 0.3) is 0 Å². The molecule has 0 N–H and O–H groups in total. The molecule has 1 saturated carbocycles. The number of aromatic nitrogens is 1. The van der Waals surface area contributed by atoms with Crippen molar-refractivity contribution in [2.45, 2.75) is 65.2 Å². The molecule has 3 aliphatic rings. The van der Waals surface area contributed by atoms with Crippen molar-refractivity contribution in [3.8, 4) is 0 Å². The third-order valence-corrected chi connectivity index (χ3v) is 9.00. The van der Waals surface area contributed by atoms with Crippen LogP contribution in [0.4, 0.5) is 18.9 Å². The van der Waals surface area contributed by atoms with E-state index >= 15 is 0 Å². The third-order valence-electron chi connectivity index (χ3n) is 9.00. The molecule has 1 saturated heterocycles. The maximum atomic E-state index is 14.0. The molecule has 8 heteroatoms. The second-order valence-electron chi connectivity index (χ2n) is 11.3. The molecule has 2 atom stereocenters. The molecule has 37 heavy (non-hydrogen) atoms. The van der Waals surface area contributed by atoms with Crippen molar-refractivity contribution in [1.29, 1.82) is 0 Å². The van der Waals surface area contributed by atoms with Gasteiger partial charge in [-0.15, -0.1) is 0 Å². The van der Waals surface area contributed by atoms with Crippen LogP contribution >= 0.6 is 0 Å². The van der Waals surface area contributed by atoms with E-state index < -0.39 is 17.2 Å². The number of carbonyl (C=O) groups excluding carboxylic acids is 1. The Hall–Kier alpha value is -2.61. The first-order valence-corrected chi connectivity index (χ1v) is 13.5. The highest BCUT2D eigenvalue weighted by atomic mass is 19.4. The molecule has 1 aromatic heterocycles. The van der Waals surface area contributed by atoms with Crippen LogP contribution in [0, 0.1) is 18.3 Å². The number of alkyl halides is 3. The highest BCUT2D eigenvalue weighted by molar-refractivity contribution is 5.83. The number of aryl methyl sites for hydroxylation is 1. The van der Waals surface area contributed by atoms with Crippen molar-refractivity contribution in [2.75, 3.05) is 37.6 Å². The van der Waals surface area contributed by atoms with E-state index in [4.69, 9.17) is 0 Å². The molecule has 2 aliphatic heterocycles. The van der Waals surface area contributed by atoms with Crippen LogP contribution in [0.5, 0.6) is 0 Å². The molecular weight excluding hydrogens is 477 g/mol. The molecular formula is C29H37F3N4O. The lowest BCUT2D eigenvalue weighted by Gasteiger charge is -2.42. The minimum Gasteiger partial charge on any atom is -0.369 e. The predicted octanol–water partition coefficient (Wildman–Crippen LogP) is 5.31. The number of amides is 1. The van der Waals surface area contributed by atoms with E-state index in [-0.39, 0.29) is 18.4 Å². The van der Waals surface area contributed by atoms with Crippen LogP contribution in [0.2, 0.25) is 0 Å². The van der Waals surface area contributed by atoms with Gasteiger partial charge in [-0.1, -0.05) is 32.0 Å². The normalized spacial score (nSPS) is 25.0. The molecule has 3 heterocycles. The van der Waals surface area contributed by atoms with Gasteiger partial charge in [0, 0.05) is 69.3 Å². The number of carbonyl (C=O) groups is 1. The number of hydrogen-bond donors (Lipinski definition) is 0. The van der Waals surface area contributed by atoms with Gasteiger partial charge in [0.2, 0.25) is 5.91 Å². The van der Waals surface area contributed by atoms with Crippen LogP contribution in [0.15, 0.2) is 36.5 Å². The summed E-state index contributed by atoms with van der Waals surface area (Å²) in [4.78, 5) is 24.9. The first-order valence-electron chi connectivity index (χ1n) is 13.5. The number of anilines is 1. The third kappa shape index (κ3) is 4.97. The molecule has 0 radical (unpaired) electrons. The molecule has 1 unspecified atom stereocenters.